The van der Waals surface area contributed by atoms with Gasteiger partial charge >= 0.3 is 0 Å². The molecule has 2 nitrogen and oxygen atoms in total. The maximum Gasteiger partial charge on any atom is 0.120 e. The van der Waals surface area contributed by atoms with E-state index in [2.05, 4.69) is 27.3 Å². The summed E-state index contributed by atoms with van der Waals surface area (Å²) in [5.74, 6) is 0.866. The van der Waals surface area contributed by atoms with E-state index in [1.807, 2.05) is 37.6 Å². The second kappa shape index (κ2) is 6.75. The lowest BCUT2D eigenvalue weighted by molar-refractivity contribution is 0.340. The van der Waals surface area contributed by atoms with E-state index in [-0.39, 0.29) is 6.04 Å². The van der Waals surface area contributed by atoms with Gasteiger partial charge in [-0.1, -0.05) is 33.6 Å². The monoisotopic (exact) mass is 359 g/mol. The molecule has 0 aliphatic heterocycles. The van der Waals surface area contributed by atoms with Crippen molar-refractivity contribution in [2.24, 2.45) is 0 Å². The van der Waals surface area contributed by atoms with Gasteiger partial charge in [-0.05, 0) is 43.1 Å². The summed E-state index contributed by atoms with van der Waals surface area (Å²) >= 11 is 11.5. The van der Waals surface area contributed by atoms with Crippen molar-refractivity contribution in [1.29, 1.82) is 0 Å². The van der Waals surface area contributed by atoms with Crippen molar-refractivity contribution in [3.8, 4) is 5.75 Å². The Hall–Kier alpha value is -0.550. The molecule has 0 amide bonds. The van der Waals surface area contributed by atoms with E-state index >= 15 is 0 Å². The van der Waals surface area contributed by atoms with E-state index in [0.717, 1.165) is 25.7 Å². The summed E-state index contributed by atoms with van der Waals surface area (Å²) in [6.45, 7) is 2.64. The average molecular weight is 361 g/mol. The lowest BCUT2D eigenvalue weighted by atomic mass is 10.1. The molecule has 2 rings (SSSR count). The van der Waals surface area contributed by atoms with Crippen molar-refractivity contribution in [1.82, 2.24) is 5.32 Å². The summed E-state index contributed by atoms with van der Waals surface area (Å²) in [7, 11) is 1.93. The van der Waals surface area contributed by atoms with Gasteiger partial charge in [-0.2, -0.15) is 0 Å². The average Bonchev–Trinajstić information content (AvgIpc) is 2.80. The van der Waals surface area contributed by atoms with Crippen LogP contribution in [0.1, 0.15) is 23.4 Å². The van der Waals surface area contributed by atoms with Gasteiger partial charge in [0.1, 0.15) is 5.75 Å². The topological polar surface area (TPSA) is 21.3 Å². The first-order valence-electron chi connectivity index (χ1n) is 5.99. The Bertz CT molecular complexity index is 558. The zero-order valence-electron chi connectivity index (χ0n) is 10.7. The standard InChI is InChI=1S/C14H15BrClNOS/c1-3-18-9-4-5-10(11(15)8-9)13(17-2)14-12(16)6-7-19-14/h4-8,13,17H,3H2,1-2H3. The zero-order valence-corrected chi connectivity index (χ0v) is 13.9. The molecule has 5 heteroatoms. The molecule has 0 saturated heterocycles. The third-order valence-electron chi connectivity index (χ3n) is 2.79. The smallest absolute Gasteiger partial charge is 0.120 e. The predicted molar refractivity (Wildman–Crippen MR) is 85.5 cm³/mol. The van der Waals surface area contributed by atoms with Gasteiger partial charge in [-0.3, -0.25) is 0 Å². The molecule has 19 heavy (non-hydrogen) atoms. The molecule has 1 heterocycles. The Kier molecular flexibility index (Phi) is 5.28. The summed E-state index contributed by atoms with van der Waals surface area (Å²) in [6, 6.07) is 8.04. The van der Waals surface area contributed by atoms with Gasteiger partial charge in [0.2, 0.25) is 0 Å². The van der Waals surface area contributed by atoms with Gasteiger partial charge in [0.15, 0.2) is 0 Å². The normalized spacial score (nSPS) is 12.4. The summed E-state index contributed by atoms with van der Waals surface area (Å²) in [6.07, 6.45) is 0. The fraction of sp³-hybridized carbons (Fsp3) is 0.286. The minimum atomic E-state index is 0.0811. The van der Waals surface area contributed by atoms with Gasteiger partial charge < -0.3 is 10.1 Å². The lowest BCUT2D eigenvalue weighted by Crippen LogP contribution is -2.17. The Balaban J connectivity index is 2.36. The van der Waals surface area contributed by atoms with Crippen LogP contribution < -0.4 is 10.1 Å². The predicted octanol–water partition coefficient (Wildman–Crippen LogP) is 4.87. The second-order valence-corrected chi connectivity index (χ2v) is 6.18. The molecule has 102 valence electrons. The van der Waals surface area contributed by atoms with Crippen LogP contribution in [0, 0.1) is 0 Å². The molecule has 1 atom stereocenters. The van der Waals surface area contributed by atoms with Crippen LogP contribution in [0.15, 0.2) is 34.1 Å². The first kappa shape index (κ1) is 14.9. The second-order valence-electron chi connectivity index (χ2n) is 3.97. The molecule has 0 bridgehead atoms. The fourth-order valence-corrected chi connectivity index (χ4v) is 3.82. The quantitative estimate of drug-likeness (QED) is 0.821. The molecule has 1 aromatic carbocycles. The molecule has 1 unspecified atom stereocenters. The van der Waals surface area contributed by atoms with Crippen LogP contribution in [-0.4, -0.2) is 13.7 Å². The number of benzene rings is 1. The van der Waals surface area contributed by atoms with E-state index in [1.54, 1.807) is 11.3 Å². The van der Waals surface area contributed by atoms with E-state index in [9.17, 15) is 0 Å². The highest BCUT2D eigenvalue weighted by atomic mass is 79.9. The minimum absolute atomic E-state index is 0.0811. The number of thiophene rings is 1. The Labute approximate surface area is 130 Å². The Morgan fingerprint density at radius 2 is 2.21 bits per heavy atom. The highest BCUT2D eigenvalue weighted by molar-refractivity contribution is 9.10. The van der Waals surface area contributed by atoms with Crippen LogP contribution in [0.3, 0.4) is 0 Å². The first-order chi connectivity index (χ1) is 9.17. The van der Waals surface area contributed by atoms with Gasteiger partial charge in [-0.25, -0.2) is 0 Å². The van der Waals surface area contributed by atoms with Crippen molar-refractivity contribution in [2.45, 2.75) is 13.0 Å². The molecule has 1 N–H and O–H groups in total. The maximum atomic E-state index is 6.23. The molecule has 0 aliphatic carbocycles. The summed E-state index contributed by atoms with van der Waals surface area (Å²) < 4.78 is 6.51. The first-order valence-corrected chi connectivity index (χ1v) is 8.04. The molecule has 0 spiro atoms. The number of hydrogen-bond donors (Lipinski definition) is 1. The van der Waals surface area contributed by atoms with Crippen LogP contribution in [0.2, 0.25) is 5.02 Å². The van der Waals surface area contributed by atoms with Gasteiger partial charge in [0.25, 0.3) is 0 Å². The summed E-state index contributed by atoms with van der Waals surface area (Å²) in [5, 5.41) is 6.11. The van der Waals surface area contributed by atoms with Gasteiger partial charge in [-0.15, -0.1) is 11.3 Å². The Morgan fingerprint density at radius 3 is 2.74 bits per heavy atom. The molecule has 0 aliphatic rings. The van der Waals surface area contributed by atoms with Crippen molar-refractivity contribution in [3.05, 3.63) is 49.6 Å². The largest absolute Gasteiger partial charge is 0.494 e. The van der Waals surface area contributed by atoms with Crippen LogP contribution >= 0.6 is 38.9 Å². The molecular formula is C14H15BrClNOS. The number of ether oxygens (including phenoxy) is 1. The van der Waals surface area contributed by atoms with Gasteiger partial charge in [0, 0.05) is 9.35 Å². The molecule has 2 aromatic rings. The van der Waals surface area contributed by atoms with Crippen molar-refractivity contribution < 1.29 is 4.74 Å². The summed E-state index contributed by atoms with van der Waals surface area (Å²) in [4.78, 5) is 1.12. The van der Waals surface area contributed by atoms with Crippen LogP contribution in [0.4, 0.5) is 0 Å². The van der Waals surface area contributed by atoms with Crippen molar-refractivity contribution in [2.75, 3.05) is 13.7 Å². The third-order valence-corrected chi connectivity index (χ3v) is 4.90. The van der Waals surface area contributed by atoms with Crippen molar-refractivity contribution in [3.63, 3.8) is 0 Å². The van der Waals surface area contributed by atoms with Crippen LogP contribution in [-0.2, 0) is 0 Å². The number of hydrogen-bond acceptors (Lipinski definition) is 3. The lowest BCUT2D eigenvalue weighted by Gasteiger charge is -2.18. The summed E-state index contributed by atoms with van der Waals surface area (Å²) in [5.41, 5.74) is 1.15. The van der Waals surface area contributed by atoms with Crippen LogP contribution in [0.25, 0.3) is 0 Å². The molecule has 0 fully saturated rings. The van der Waals surface area contributed by atoms with E-state index in [0.29, 0.717) is 6.61 Å². The molecule has 1 aromatic heterocycles. The highest BCUT2D eigenvalue weighted by Crippen LogP contribution is 2.36. The maximum absolute atomic E-state index is 6.23. The van der Waals surface area contributed by atoms with E-state index in [1.165, 1.54) is 0 Å². The van der Waals surface area contributed by atoms with Crippen LogP contribution in [0.5, 0.6) is 5.75 Å². The number of rotatable bonds is 5. The third kappa shape index (κ3) is 3.31. The van der Waals surface area contributed by atoms with E-state index in [4.69, 9.17) is 16.3 Å². The molecule has 0 radical (unpaired) electrons. The Morgan fingerprint density at radius 1 is 1.42 bits per heavy atom. The SMILES string of the molecule is CCOc1ccc(C(NC)c2sccc2Cl)c(Br)c1. The fourth-order valence-electron chi connectivity index (χ4n) is 1.94. The number of nitrogens with one attached hydrogen (secondary N) is 1. The van der Waals surface area contributed by atoms with Crippen molar-refractivity contribution >= 4 is 38.9 Å². The van der Waals surface area contributed by atoms with Gasteiger partial charge in [0.05, 0.1) is 17.7 Å². The molecule has 0 saturated carbocycles. The van der Waals surface area contributed by atoms with E-state index < -0.39 is 0 Å². The zero-order chi connectivity index (χ0) is 13.8. The number of halogens is 2. The minimum Gasteiger partial charge on any atom is -0.494 e. The molecular weight excluding hydrogens is 346 g/mol. The highest BCUT2D eigenvalue weighted by Gasteiger charge is 2.19.